The highest BCUT2D eigenvalue weighted by Crippen LogP contribution is 2.29. The molecule has 0 saturated heterocycles. The van der Waals surface area contributed by atoms with Crippen LogP contribution in [0, 0.1) is 0 Å². The van der Waals surface area contributed by atoms with Crippen molar-refractivity contribution < 1.29 is 5.11 Å². The van der Waals surface area contributed by atoms with Crippen LogP contribution in [0.15, 0.2) is 60.7 Å². The van der Waals surface area contributed by atoms with Crippen LogP contribution < -0.4 is 10.6 Å². The third-order valence-corrected chi connectivity index (χ3v) is 5.85. The number of nitrogens with zero attached hydrogens (tertiary/aromatic N) is 1. The molecule has 1 saturated carbocycles. The average Bonchev–Trinajstić information content (AvgIpc) is 2.73. The van der Waals surface area contributed by atoms with Gasteiger partial charge in [0.05, 0.1) is 6.04 Å². The molecule has 2 aromatic rings. The molecule has 0 spiro atoms. The first-order valence-electron chi connectivity index (χ1n) is 10.1. The van der Waals surface area contributed by atoms with Crippen LogP contribution in [0.2, 0.25) is 0 Å². The fourth-order valence-corrected chi connectivity index (χ4v) is 4.37. The van der Waals surface area contributed by atoms with E-state index in [2.05, 4.69) is 29.6 Å². The Labute approximate surface area is 174 Å². The van der Waals surface area contributed by atoms with Gasteiger partial charge in [0, 0.05) is 12.1 Å². The van der Waals surface area contributed by atoms with Crippen molar-refractivity contribution in [1.82, 2.24) is 15.5 Å². The van der Waals surface area contributed by atoms with Gasteiger partial charge in [-0.1, -0.05) is 73.5 Å². The molecular formula is C23H31N3OS. The summed E-state index contributed by atoms with van der Waals surface area (Å²) in [5, 5.41) is 18.6. The van der Waals surface area contributed by atoms with Gasteiger partial charge < -0.3 is 20.6 Å². The summed E-state index contributed by atoms with van der Waals surface area (Å²) >= 11 is 5.67. The molecule has 28 heavy (non-hydrogen) atoms. The van der Waals surface area contributed by atoms with Gasteiger partial charge in [0.1, 0.15) is 6.10 Å². The minimum Gasteiger partial charge on any atom is -0.386 e. The number of thiocarbonyl (C=S) groups is 1. The van der Waals surface area contributed by atoms with Gasteiger partial charge in [0.25, 0.3) is 0 Å². The smallest absolute Gasteiger partial charge is 0.167 e. The van der Waals surface area contributed by atoms with Crippen molar-refractivity contribution in [3.8, 4) is 0 Å². The third kappa shape index (κ3) is 5.31. The lowest BCUT2D eigenvalue weighted by Gasteiger charge is -2.38. The van der Waals surface area contributed by atoms with Crippen LogP contribution in [0.4, 0.5) is 0 Å². The van der Waals surface area contributed by atoms with E-state index in [1.54, 1.807) is 0 Å². The maximum Gasteiger partial charge on any atom is 0.167 e. The molecule has 0 aromatic heterocycles. The molecule has 4 nitrogen and oxygen atoms in total. The van der Waals surface area contributed by atoms with E-state index >= 15 is 0 Å². The predicted molar refractivity (Wildman–Crippen MR) is 119 cm³/mol. The van der Waals surface area contributed by atoms with Crippen molar-refractivity contribution in [1.29, 1.82) is 0 Å². The van der Waals surface area contributed by atoms with Gasteiger partial charge in [-0.2, -0.15) is 0 Å². The van der Waals surface area contributed by atoms with Gasteiger partial charge in [-0.25, -0.2) is 0 Å². The first-order valence-corrected chi connectivity index (χ1v) is 10.5. The number of likely N-dealkylation sites (N-methyl/N-ethyl adjacent to an activating group) is 1. The predicted octanol–water partition coefficient (Wildman–Crippen LogP) is 3.80. The monoisotopic (exact) mass is 397 g/mol. The van der Waals surface area contributed by atoms with Crippen LogP contribution in [-0.2, 0) is 0 Å². The fraction of sp³-hybridized carbons (Fsp3) is 0.435. The molecule has 1 fully saturated rings. The lowest BCUT2D eigenvalue weighted by Crippen LogP contribution is -2.54. The normalized spacial score (nSPS) is 21.7. The molecule has 0 heterocycles. The summed E-state index contributed by atoms with van der Waals surface area (Å²) < 4.78 is 0. The van der Waals surface area contributed by atoms with Gasteiger partial charge >= 0.3 is 0 Å². The molecule has 150 valence electrons. The molecule has 1 aliphatic carbocycles. The average molecular weight is 398 g/mol. The second-order valence-corrected chi connectivity index (χ2v) is 8.19. The Hall–Kier alpha value is -1.95. The molecule has 4 atom stereocenters. The van der Waals surface area contributed by atoms with Crippen molar-refractivity contribution >= 4 is 17.3 Å². The zero-order valence-corrected chi connectivity index (χ0v) is 17.5. The summed E-state index contributed by atoms with van der Waals surface area (Å²) in [5.41, 5.74) is 1.88. The number of aliphatic hydroxyl groups is 1. The fourth-order valence-electron chi connectivity index (χ4n) is 4.10. The SMILES string of the molecule is CN(C)C1CCCCC1NC(=S)NC(c1ccccc1)C(O)c1ccccc1. The van der Waals surface area contributed by atoms with E-state index in [0.29, 0.717) is 17.2 Å². The topological polar surface area (TPSA) is 47.5 Å². The molecule has 5 heteroatoms. The van der Waals surface area contributed by atoms with Crippen molar-refractivity contribution in [2.75, 3.05) is 14.1 Å². The van der Waals surface area contributed by atoms with E-state index in [-0.39, 0.29) is 6.04 Å². The van der Waals surface area contributed by atoms with E-state index in [1.807, 2.05) is 60.7 Å². The van der Waals surface area contributed by atoms with Crippen LogP contribution >= 0.6 is 12.2 Å². The lowest BCUT2D eigenvalue weighted by atomic mass is 9.89. The van der Waals surface area contributed by atoms with E-state index in [9.17, 15) is 5.11 Å². The zero-order chi connectivity index (χ0) is 19.9. The van der Waals surface area contributed by atoms with Crippen molar-refractivity contribution in [2.24, 2.45) is 0 Å². The number of rotatable bonds is 6. The molecule has 1 aliphatic rings. The molecule has 0 radical (unpaired) electrons. The number of hydrogen-bond donors (Lipinski definition) is 3. The first kappa shape index (κ1) is 20.8. The molecule has 0 amide bonds. The highest BCUT2D eigenvalue weighted by Gasteiger charge is 2.29. The molecule has 4 unspecified atom stereocenters. The Bertz CT molecular complexity index is 738. The minimum atomic E-state index is -0.695. The van der Waals surface area contributed by atoms with Crippen LogP contribution in [0.1, 0.15) is 49.0 Å². The Balaban J connectivity index is 1.75. The summed E-state index contributed by atoms with van der Waals surface area (Å²) in [6, 6.07) is 20.2. The summed E-state index contributed by atoms with van der Waals surface area (Å²) in [7, 11) is 4.26. The van der Waals surface area contributed by atoms with Crippen LogP contribution in [0.25, 0.3) is 0 Å². The van der Waals surface area contributed by atoms with E-state index in [4.69, 9.17) is 12.2 Å². The Morgan fingerprint density at radius 2 is 1.54 bits per heavy atom. The Morgan fingerprint density at radius 3 is 2.14 bits per heavy atom. The quantitative estimate of drug-likeness (QED) is 0.647. The lowest BCUT2D eigenvalue weighted by molar-refractivity contribution is 0.137. The van der Waals surface area contributed by atoms with Crippen LogP contribution in [0.5, 0.6) is 0 Å². The molecule has 2 aromatic carbocycles. The molecule has 3 N–H and O–H groups in total. The largest absolute Gasteiger partial charge is 0.386 e. The van der Waals surface area contributed by atoms with E-state index in [1.165, 1.54) is 19.3 Å². The van der Waals surface area contributed by atoms with E-state index < -0.39 is 6.10 Å². The Morgan fingerprint density at radius 1 is 0.964 bits per heavy atom. The van der Waals surface area contributed by atoms with Crippen molar-refractivity contribution in [3.63, 3.8) is 0 Å². The second kappa shape index (κ2) is 10.0. The molecule has 3 rings (SSSR count). The molecule has 0 bridgehead atoms. The standard InChI is InChI=1S/C23H31N3OS/c1-26(2)20-16-10-9-15-19(20)24-23(28)25-21(17-11-5-3-6-12-17)22(27)18-13-7-4-8-14-18/h3-8,11-14,19-22,27H,9-10,15-16H2,1-2H3,(H2,24,25,28). The summed E-state index contributed by atoms with van der Waals surface area (Å²) in [6.45, 7) is 0. The van der Waals surface area contributed by atoms with Crippen LogP contribution in [-0.4, -0.2) is 41.3 Å². The summed E-state index contributed by atoms with van der Waals surface area (Å²) in [4.78, 5) is 2.28. The van der Waals surface area contributed by atoms with E-state index in [0.717, 1.165) is 17.5 Å². The summed E-state index contributed by atoms with van der Waals surface area (Å²) in [6.07, 6.45) is 4.09. The van der Waals surface area contributed by atoms with Gasteiger partial charge in [0.15, 0.2) is 5.11 Å². The number of nitrogens with one attached hydrogen (secondary N) is 2. The Kier molecular flexibility index (Phi) is 7.43. The number of benzene rings is 2. The highest BCUT2D eigenvalue weighted by molar-refractivity contribution is 7.80. The van der Waals surface area contributed by atoms with Gasteiger partial charge in [-0.05, 0) is 50.3 Å². The van der Waals surface area contributed by atoms with Crippen molar-refractivity contribution in [2.45, 2.75) is 49.9 Å². The maximum absolute atomic E-state index is 11.1. The maximum atomic E-state index is 11.1. The number of hydrogen-bond acceptors (Lipinski definition) is 3. The highest BCUT2D eigenvalue weighted by atomic mass is 32.1. The van der Waals surface area contributed by atoms with Gasteiger partial charge in [-0.15, -0.1) is 0 Å². The molecule has 0 aliphatic heterocycles. The minimum absolute atomic E-state index is 0.315. The van der Waals surface area contributed by atoms with Gasteiger partial charge in [-0.3, -0.25) is 0 Å². The zero-order valence-electron chi connectivity index (χ0n) is 16.7. The first-order chi connectivity index (χ1) is 13.6. The second-order valence-electron chi connectivity index (χ2n) is 7.78. The van der Waals surface area contributed by atoms with Gasteiger partial charge in [0.2, 0.25) is 0 Å². The number of aliphatic hydroxyl groups excluding tert-OH is 1. The van der Waals surface area contributed by atoms with Crippen molar-refractivity contribution in [3.05, 3.63) is 71.8 Å². The molecular weight excluding hydrogens is 366 g/mol. The summed E-state index contributed by atoms with van der Waals surface area (Å²) in [5.74, 6) is 0. The third-order valence-electron chi connectivity index (χ3n) is 5.61. The van der Waals surface area contributed by atoms with Crippen LogP contribution in [0.3, 0.4) is 0 Å².